The number of hydrogen-bond acceptors (Lipinski definition) is 5. The Morgan fingerprint density at radius 2 is 1.89 bits per heavy atom. The molecule has 2 aromatic carbocycles. The lowest BCUT2D eigenvalue weighted by Crippen LogP contribution is -2.24. The molecular formula is C22H24N4O. The van der Waals surface area contributed by atoms with Crippen LogP contribution in [-0.2, 0) is 0 Å². The molecule has 2 heterocycles. The maximum absolute atomic E-state index is 6.03. The van der Waals surface area contributed by atoms with Crippen molar-refractivity contribution in [2.75, 3.05) is 20.6 Å². The molecule has 0 aliphatic heterocycles. The van der Waals surface area contributed by atoms with Gasteiger partial charge in [-0.25, -0.2) is 9.97 Å². The van der Waals surface area contributed by atoms with Crippen LogP contribution in [0.5, 0.6) is 0 Å². The lowest BCUT2D eigenvalue weighted by atomic mass is 10.0. The Kier molecular flexibility index (Phi) is 4.64. The quantitative estimate of drug-likeness (QED) is 0.574. The van der Waals surface area contributed by atoms with Crippen molar-refractivity contribution in [1.82, 2.24) is 14.9 Å². The molecule has 4 aromatic rings. The zero-order chi connectivity index (χ0) is 19.0. The molecule has 2 aromatic heterocycles. The molecule has 5 heteroatoms. The minimum absolute atomic E-state index is 0.117. The third-order valence-corrected chi connectivity index (χ3v) is 4.91. The normalized spacial score (nSPS) is 12.9. The summed E-state index contributed by atoms with van der Waals surface area (Å²) in [7, 11) is 4.12. The third kappa shape index (κ3) is 3.31. The molecule has 138 valence electrons. The number of para-hydroxylation sites is 1. The number of benzene rings is 2. The Hall–Kier alpha value is -2.76. The van der Waals surface area contributed by atoms with Gasteiger partial charge in [0, 0.05) is 10.8 Å². The molecule has 0 aliphatic carbocycles. The number of fused-ring (bicyclic) bond motifs is 2. The molecule has 2 N–H and O–H groups in total. The van der Waals surface area contributed by atoms with Gasteiger partial charge in [0.05, 0.1) is 17.3 Å². The zero-order valence-electron chi connectivity index (χ0n) is 15.9. The summed E-state index contributed by atoms with van der Waals surface area (Å²) in [5, 5.41) is 2.11. The van der Waals surface area contributed by atoms with Crippen molar-refractivity contribution in [1.29, 1.82) is 0 Å². The smallest absolute Gasteiger partial charge is 0.196 e. The Morgan fingerprint density at radius 3 is 2.63 bits per heavy atom. The number of rotatable bonds is 5. The van der Waals surface area contributed by atoms with Gasteiger partial charge in [0.25, 0.3) is 0 Å². The standard InChI is InChI=1S/C22H24N4O/c1-14-8-9-16-17(12-14)24-22(25-21(16)18(10-11-23)26(2)3)20-13-15-6-4-5-7-19(15)27-20/h4-9,12-13,18H,10-11,23H2,1-3H3. The summed E-state index contributed by atoms with van der Waals surface area (Å²) >= 11 is 0. The van der Waals surface area contributed by atoms with Crippen molar-refractivity contribution in [3.63, 3.8) is 0 Å². The Morgan fingerprint density at radius 1 is 1.07 bits per heavy atom. The summed E-state index contributed by atoms with van der Waals surface area (Å²) in [5.74, 6) is 1.30. The molecule has 4 rings (SSSR count). The SMILES string of the molecule is Cc1ccc2c(C(CCN)N(C)C)nc(-c3cc4ccccc4o3)nc2c1. The Labute approximate surface area is 158 Å². The van der Waals surface area contributed by atoms with E-state index in [4.69, 9.17) is 20.1 Å². The van der Waals surface area contributed by atoms with Gasteiger partial charge in [-0.05, 0) is 57.7 Å². The molecule has 0 saturated carbocycles. The number of furan rings is 1. The number of aryl methyl sites for hydroxylation is 1. The zero-order valence-corrected chi connectivity index (χ0v) is 15.9. The molecule has 0 spiro atoms. The molecular weight excluding hydrogens is 336 g/mol. The van der Waals surface area contributed by atoms with E-state index >= 15 is 0 Å². The fourth-order valence-corrected chi connectivity index (χ4v) is 3.52. The molecule has 0 bridgehead atoms. The maximum Gasteiger partial charge on any atom is 0.196 e. The van der Waals surface area contributed by atoms with E-state index in [1.54, 1.807) is 0 Å². The van der Waals surface area contributed by atoms with Crippen LogP contribution in [0, 0.1) is 6.92 Å². The molecule has 0 radical (unpaired) electrons. The maximum atomic E-state index is 6.03. The molecule has 0 saturated heterocycles. The van der Waals surface area contributed by atoms with E-state index in [9.17, 15) is 0 Å². The first-order valence-corrected chi connectivity index (χ1v) is 9.20. The van der Waals surface area contributed by atoms with Crippen molar-refractivity contribution in [2.45, 2.75) is 19.4 Å². The van der Waals surface area contributed by atoms with Crippen LogP contribution < -0.4 is 5.73 Å². The fraction of sp³-hybridized carbons (Fsp3) is 0.273. The van der Waals surface area contributed by atoms with Crippen molar-refractivity contribution in [3.05, 3.63) is 59.8 Å². The van der Waals surface area contributed by atoms with Gasteiger partial charge in [-0.3, -0.25) is 0 Å². The van der Waals surface area contributed by atoms with Crippen molar-refractivity contribution in [2.24, 2.45) is 5.73 Å². The van der Waals surface area contributed by atoms with Gasteiger partial charge in [0.1, 0.15) is 5.58 Å². The van der Waals surface area contributed by atoms with Crippen LogP contribution in [0.4, 0.5) is 0 Å². The summed E-state index contributed by atoms with van der Waals surface area (Å²) in [4.78, 5) is 11.9. The average Bonchev–Trinajstić information content (AvgIpc) is 3.09. The molecule has 1 unspecified atom stereocenters. The van der Waals surface area contributed by atoms with E-state index in [0.29, 0.717) is 18.1 Å². The summed E-state index contributed by atoms with van der Waals surface area (Å²) in [6.45, 7) is 2.67. The van der Waals surface area contributed by atoms with Gasteiger partial charge in [-0.15, -0.1) is 0 Å². The van der Waals surface area contributed by atoms with Crippen molar-refractivity contribution >= 4 is 21.9 Å². The highest BCUT2D eigenvalue weighted by atomic mass is 16.3. The van der Waals surface area contributed by atoms with E-state index in [2.05, 4.69) is 44.1 Å². The topological polar surface area (TPSA) is 68.2 Å². The Bertz CT molecular complexity index is 1070. The largest absolute Gasteiger partial charge is 0.453 e. The van der Waals surface area contributed by atoms with E-state index in [1.807, 2.05) is 30.3 Å². The van der Waals surface area contributed by atoms with Gasteiger partial charge in [-0.1, -0.05) is 30.3 Å². The second kappa shape index (κ2) is 7.10. The average molecular weight is 360 g/mol. The van der Waals surface area contributed by atoms with E-state index < -0.39 is 0 Å². The number of nitrogens with zero attached hydrogens (tertiary/aromatic N) is 3. The van der Waals surface area contributed by atoms with Crippen LogP contribution in [0.15, 0.2) is 52.9 Å². The summed E-state index contributed by atoms with van der Waals surface area (Å²) < 4.78 is 6.03. The van der Waals surface area contributed by atoms with Crippen LogP contribution in [0.3, 0.4) is 0 Å². The summed E-state index contributed by atoms with van der Waals surface area (Å²) in [6, 6.07) is 16.4. The van der Waals surface area contributed by atoms with Gasteiger partial charge < -0.3 is 15.1 Å². The first-order chi connectivity index (χ1) is 13.1. The van der Waals surface area contributed by atoms with Crippen LogP contribution in [0.2, 0.25) is 0 Å². The van der Waals surface area contributed by atoms with E-state index in [-0.39, 0.29) is 6.04 Å². The van der Waals surface area contributed by atoms with Crippen LogP contribution in [0.25, 0.3) is 33.5 Å². The molecule has 0 fully saturated rings. The minimum Gasteiger partial charge on any atom is -0.453 e. The highest BCUT2D eigenvalue weighted by molar-refractivity contribution is 5.85. The summed E-state index contributed by atoms with van der Waals surface area (Å²) in [5.41, 5.74) is 9.82. The van der Waals surface area contributed by atoms with Crippen LogP contribution in [0.1, 0.15) is 23.7 Å². The van der Waals surface area contributed by atoms with Gasteiger partial charge in [0.15, 0.2) is 11.6 Å². The van der Waals surface area contributed by atoms with Crippen LogP contribution >= 0.6 is 0 Å². The minimum atomic E-state index is 0.117. The lowest BCUT2D eigenvalue weighted by molar-refractivity contribution is 0.283. The number of hydrogen-bond donors (Lipinski definition) is 1. The summed E-state index contributed by atoms with van der Waals surface area (Å²) in [6.07, 6.45) is 0.826. The van der Waals surface area contributed by atoms with Gasteiger partial charge in [0.2, 0.25) is 0 Å². The van der Waals surface area contributed by atoms with Crippen molar-refractivity contribution < 1.29 is 4.42 Å². The molecule has 0 amide bonds. The molecule has 1 atom stereocenters. The molecule has 0 aliphatic rings. The fourth-order valence-electron chi connectivity index (χ4n) is 3.52. The predicted octanol–water partition coefficient (Wildman–Crippen LogP) is 4.30. The second-order valence-corrected chi connectivity index (χ2v) is 7.16. The first-order valence-electron chi connectivity index (χ1n) is 9.20. The second-order valence-electron chi connectivity index (χ2n) is 7.16. The highest BCUT2D eigenvalue weighted by Crippen LogP contribution is 2.32. The third-order valence-electron chi connectivity index (χ3n) is 4.91. The van der Waals surface area contributed by atoms with Gasteiger partial charge in [-0.2, -0.15) is 0 Å². The lowest BCUT2D eigenvalue weighted by Gasteiger charge is -2.24. The number of aromatic nitrogens is 2. The van der Waals surface area contributed by atoms with E-state index in [0.717, 1.165) is 34.0 Å². The highest BCUT2D eigenvalue weighted by Gasteiger charge is 2.21. The Balaban J connectivity index is 1.95. The van der Waals surface area contributed by atoms with Crippen molar-refractivity contribution in [3.8, 4) is 11.6 Å². The predicted molar refractivity (Wildman–Crippen MR) is 110 cm³/mol. The molecule has 5 nitrogen and oxygen atoms in total. The molecule has 27 heavy (non-hydrogen) atoms. The first kappa shape index (κ1) is 17.6. The van der Waals surface area contributed by atoms with Gasteiger partial charge >= 0.3 is 0 Å². The van der Waals surface area contributed by atoms with Crippen LogP contribution in [-0.4, -0.2) is 35.5 Å². The monoisotopic (exact) mass is 360 g/mol. The number of nitrogens with two attached hydrogens (primary N) is 1. The van der Waals surface area contributed by atoms with E-state index in [1.165, 1.54) is 5.56 Å².